The minimum atomic E-state index is -0.184. The van der Waals surface area contributed by atoms with Crippen molar-refractivity contribution in [2.24, 2.45) is 0 Å². The van der Waals surface area contributed by atoms with Gasteiger partial charge >= 0.3 is 0 Å². The molecule has 0 unspecified atom stereocenters. The molecule has 164 valence electrons. The monoisotopic (exact) mass is 429 g/mol. The molecule has 1 aliphatic rings. The molecule has 0 aliphatic carbocycles. The number of para-hydroxylation sites is 1. The van der Waals surface area contributed by atoms with Crippen LogP contribution in [0.5, 0.6) is 17.2 Å². The number of nitrogens with zero attached hydrogens (tertiary/aromatic N) is 1. The number of carbonyl (C=O) groups excluding carboxylic acids is 1. The fourth-order valence-electron chi connectivity index (χ4n) is 3.98. The molecule has 5 heteroatoms. The highest BCUT2D eigenvalue weighted by atomic mass is 16.5. The second-order valence-electron chi connectivity index (χ2n) is 7.96. The Morgan fingerprint density at radius 1 is 1.06 bits per heavy atom. The molecule has 4 rings (SSSR count). The van der Waals surface area contributed by atoms with Crippen LogP contribution in [0, 0.1) is 6.92 Å². The number of hydrogen-bond donors (Lipinski definition) is 1. The largest absolute Gasteiger partial charge is 0.507 e. The second kappa shape index (κ2) is 9.28. The van der Waals surface area contributed by atoms with Gasteiger partial charge in [0.15, 0.2) is 5.76 Å². The van der Waals surface area contributed by atoms with Crippen molar-refractivity contribution in [3.8, 4) is 17.2 Å². The predicted octanol–water partition coefficient (Wildman–Crippen LogP) is 5.35. The van der Waals surface area contributed by atoms with Gasteiger partial charge in [-0.25, -0.2) is 0 Å². The molecule has 0 bridgehead atoms. The third-order valence-corrected chi connectivity index (χ3v) is 5.45. The Morgan fingerprint density at radius 3 is 2.53 bits per heavy atom. The Hall–Kier alpha value is -3.57. The highest BCUT2D eigenvalue weighted by molar-refractivity contribution is 6.16. The summed E-state index contributed by atoms with van der Waals surface area (Å²) in [6.07, 6.45) is 1.71. The Kier molecular flexibility index (Phi) is 6.28. The normalized spacial score (nSPS) is 14.0. The van der Waals surface area contributed by atoms with E-state index >= 15 is 0 Å². The summed E-state index contributed by atoms with van der Waals surface area (Å²) in [6.45, 7) is 5.41. The molecule has 0 fully saturated rings. The molecular formula is C27H27NO4. The van der Waals surface area contributed by atoms with E-state index in [4.69, 9.17) is 9.47 Å². The van der Waals surface area contributed by atoms with Crippen molar-refractivity contribution in [1.29, 1.82) is 0 Å². The van der Waals surface area contributed by atoms with Crippen molar-refractivity contribution < 1.29 is 19.4 Å². The number of carbonyl (C=O) groups is 1. The lowest BCUT2D eigenvalue weighted by molar-refractivity contribution is 0.101. The molecule has 1 aliphatic heterocycles. The van der Waals surface area contributed by atoms with Crippen molar-refractivity contribution in [3.05, 3.63) is 94.2 Å². The number of phenols is 1. The Morgan fingerprint density at radius 2 is 1.78 bits per heavy atom. The molecule has 0 atom stereocenters. The first-order valence-corrected chi connectivity index (χ1v) is 10.7. The Bertz CT molecular complexity index is 1170. The van der Waals surface area contributed by atoms with Gasteiger partial charge in [0.05, 0.1) is 17.7 Å². The number of Topliss-reactive ketones (excluding diaryl/α,β-unsaturated/α-hetero) is 1. The first-order chi connectivity index (χ1) is 15.5. The maximum Gasteiger partial charge on any atom is 0.232 e. The molecule has 32 heavy (non-hydrogen) atoms. The highest BCUT2D eigenvalue weighted by Crippen LogP contribution is 2.42. The first kappa shape index (κ1) is 21.7. The van der Waals surface area contributed by atoms with E-state index in [1.807, 2.05) is 63.4 Å². The van der Waals surface area contributed by atoms with Gasteiger partial charge in [0.2, 0.25) is 5.78 Å². The number of hydrogen-bond acceptors (Lipinski definition) is 5. The number of fused-ring (bicyclic) bond motifs is 1. The van der Waals surface area contributed by atoms with Gasteiger partial charge in [-0.1, -0.05) is 48.5 Å². The maximum atomic E-state index is 13.2. The van der Waals surface area contributed by atoms with E-state index in [2.05, 4.69) is 17.0 Å². The summed E-state index contributed by atoms with van der Waals surface area (Å²) in [6, 6.07) is 19.3. The van der Waals surface area contributed by atoms with Gasteiger partial charge < -0.3 is 14.6 Å². The molecule has 0 aromatic heterocycles. The lowest BCUT2D eigenvalue weighted by Gasteiger charge is -2.19. The minimum Gasteiger partial charge on any atom is -0.507 e. The van der Waals surface area contributed by atoms with E-state index in [1.165, 1.54) is 5.56 Å². The van der Waals surface area contributed by atoms with Crippen molar-refractivity contribution in [3.63, 3.8) is 0 Å². The number of aryl methyl sites for hydroxylation is 1. The van der Waals surface area contributed by atoms with Gasteiger partial charge in [0, 0.05) is 18.7 Å². The molecule has 1 heterocycles. The fraction of sp³-hybridized carbons (Fsp3) is 0.222. The van der Waals surface area contributed by atoms with Gasteiger partial charge in [-0.05, 0) is 50.2 Å². The lowest BCUT2D eigenvalue weighted by Crippen LogP contribution is -2.17. The van der Waals surface area contributed by atoms with Crippen LogP contribution in [0.2, 0.25) is 0 Å². The van der Waals surface area contributed by atoms with Crippen LogP contribution in [-0.4, -0.2) is 29.4 Å². The topological polar surface area (TPSA) is 59.0 Å². The van der Waals surface area contributed by atoms with E-state index in [1.54, 1.807) is 12.1 Å². The van der Waals surface area contributed by atoms with E-state index in [0.717, 1.165) is 5.56 Å². The van der Waals surface area contributed by atoms with Crippen molar-refractivity contribution in [1.82, 2.24) is 4.90 Å². The molecule has 0 radical (unpaired) electrons. The molecule has 0 saturated heterocycles. The quantitative estimate of drug-likeness (QED) is 0.513. The van der Waals surface area contributed by atoms with Crippen molar-refractivity contribution in [2.75, 3.05) is 13.7 Å². The summed E-state index contributed by atoms with van der Waals surface area (Å²) in [5.74, 6) is 1.30. The molecule has 0 spiro atoms. The van der Waals surface area contributed by atoms with Gasteiger partial charge in [-0.15, -0.1) is 0 Å². The molecule has 5 nitrogen and oxygen atoms in total. The van der Waals surface area contributed by atoms with Gasteiger partial charge in [0.25, 0.3) is 0 Å². The Balaban J connectivity index is 1.66. The van der Waals surface area contributed by atoms with Crippen LogP contribution in [0.4, 0.5) is 0 Å². The van der Waals surface area contributed by atoms with Crippen molar-refractivity contribution in [2.45, 2.75) is 26.9 Å². The summed E-state index contributed by atoms with van der Waals surface area (Å²) < 4.78 is 11.7. The molecule has 1 N–H and O–H groups in total. The average Bonchev–Trinajstić information content (AvgIpc) is 3.10. The van der Waals surface area contributed by atoms with Crippen LogP contribution in [0.15, 0.2) is 66.4 Å². The average molecular weight is 430 g/mol. The predicted molar refractivity (Wildman–Crippen MR) is 125 cm³/mol. The van der Waals surface area contributed by atoms with Crippen LogP contribution in [0.25, 0.3) is 6.08 Å². The van der Waals surface area contributed by atoms with Gasteiger partial charge in [0.1, 0.15) is 17.2 Å². The molecule has 0 saturated carbocycles. The first-order valence-electron chi connectivity index (χ1n) is 10.7. The minimum absolute atomic E-state index is 0.130. The van der Waals surface area contributed by atoms with Gasteiger partial charge in [-0.2, -0.15) is 0 Å². The van der Waals surface area contributed by atoms with Gasteiger partial charge in [-0.3, -0.25) is 9.69 Å². The summed E-state index contributed by atoms with van der Waals surface area (Å²) in [5.41, 5.74) is 3.75. The van der Waals surface area contributed by atoms with Crippen LogP contribution >= 0.6 is 0 Å². The number of benzene rings is 3. The summed E-state index contributed by atoms with van der Waals surface area (Å²) in [7, 11) is 1.98. The van der Waals surface area contributed by atoms with Crippen LogP contribution < -0.4 is 9.47 Å². The molecule has 3 aromatic carbocycles. The zero-order valence-electron chi connectivity index (χ0n) is 18.6. The second-order valence-corrected chi connectivity index (χ2v) is 7.96. The number of ketones is 1. The van der Waals surface area contributed by atoms with Crippen LogP contribution in [-0.2, 0) is 13.1 Å². The van der Waals surface area contributed by atoms with E-state index in [-0.39, 0.29) is 17.3 Å². The number of rotatable bonds is 7. The summed E-state index contributed by atoms with van der Waals surface area (Å²) in [4.78, 5) is 15.3. The Labute approximate surface area is 188 Å². The summed E-state index contributed by atoms with van der Waals surface area (Å²) in [5, 5.41) is 10.7. The lowest BCUT2D eigenvalue weighted by atomic mass is 9.99. The molecule has 3 aromatic rings. The zero-order chi connectivity index (χ0) is 22.7. The van der Waals surface area contributed by atoms with Crippen LogP contribution in [0.3, 0.4) is 0 Å². The maximum absolute atomic E-state index is 13.2. The number of phenolic OH excluding ortho intramolecular Hbond substituents is 1. The smallest absolute Gasteiger partial charge is 0.232 e. The van der Waals surface area contributed by atoms with E-state index in [0.29, 0.717) is 47.9 Å². The highest BCUT2D eigenvalue weighted by Gasteiger charge is 2.33. The molecule has 0 amide bonds. The van der Waals surface area contributed by atoms with E-state index < -0.39 is 0 Å². The standard InChI is InChI=1S/C27H27NO4/c1-4-31-23-13-9-8-12-20(23)15-24-26(30)25-18(2)14-22(29)21(27(25)32-24)17-28(3)16-19-10-6-5-7-11-19/h5-15,29H,4,16-17H2,1-3H3/b24-15-. The fourth-order valence-corrected chi connectivity index (χ4v) is 3.98. The zero-order valence-corrected chi connectivity index (χ0v) is 18.6. The van der Waals surface area contributed by atoms with Crippen molar-refractivity contribution >= 4 is 11.9 Å². The third kappa shape index (κ3) is 4.39. The molecular weight excluding hydrogens is 402 g/mol. The SMILES string of the molecule is CCOc1ccccc1/C=C1\Oc2c(CN(C)Cc3ccccc3)c(O)cc(C)c2C1=O. The number of ether oxygens (including phenoxy) is 2. The third-order valence-electron chi connectivity index (χ3n) is 5.45. The van der Waals surface area contributed by atoms with Crippen LogP contribution in [0.1, 0.15) is 39.5 Å². The number of aromatic hydroxyl groups is 1. The summed E-state index contributed by atoms with van der Waals surface area (Å²) >= 11 is 0. The van der Waals surface area contributed by atoms with E-state index in [9.17, 15) is 9.90 Å². The number of allylic oxidation sites excluding steroid dienone is 1.